The van der Waals surface area contributed by atoms with Crippen LogP contribution in [0.1, 0.15) is 10.5 Å². The number of non-ortho nitro benzene ring substituents is 1. The predicted molar refractivity (Wildman–Crippen MR) is 89.3 cm³/mol. The Bertz CT molecular complexity index is 974. The molecular formula is C16H9BrFN3O4. The van der Waals surface area contributed by atoms with Gasteiger partial charge < -0.3 is 4.74 Å². The number of carbonyl (C=O) groups is 1. The number of carbonyl (C=O) groups excluding carboxylic acids is 1. The summed E-state index contributed by atoms with van der Waals surface area (Å²) in [6.45, 7) is 0. The van der Waals surface area contributed by atoms with Gasteiger partial charge in [-0.1, -0.05) is 22.0 Å². The summed E-state index contributed by atoms with van der Waals surface area (Å²) in [5, 5.41) is 14.8. The molecule has 0 unspecified atom stereocenters. The summed E-state index contributed by atoms with van der Waals surface area (Å²) in [5.41, 5.74) is 0.242. The van der Waals surface area contributed by atoms with Crippen molar-refractivity contribution in [2.75, 3.05) is 0 Å². The number of aromatic nitrogens is 2. The van der Waals surface area contributed by atoms with E-state index in [1.165, 1.54) is 53.3 Å². The van der Waals surface area contributed by atoms with Crippen LogP contribution in [0.3, 0.4) is 0 Å². The van der Waals surface area contributed by atoms with E-state index in [-0.39, 0.29) is 17.1 Å². The Morgan fingerprint density at radius 1 is 1.24 bits per heavy atom. The van der Waals surface area contributed by atoms with Crippen molar-refractivity contribution in [3.63, 3.8) is 0 Å². The third-order valence-corrected chi connectivity index (χ3v) is 3.69. The highest BCUT2D eigenvalue weighted by atomic mass is 79.9. The van der Waals surface area contributed by atoms with Gasteiger partial charge in [0.15, 0.2) is 17.3 Å². The van der Waals surface area contributed by atoms with Crippen molar-refractivity contribution in [3.05, 3.63) is 80.8 Å². The molecule has 1 aromatic heterocycles. The average molecular weight is 406 g/mol. The van der Waals surface area contributed by atoms with Crippen LogP contribution in [0.2, 0.25) is 0 Å². The molecule has 0 amide bonds. The number of nitrogens with zero attached hydrogens (tertiary/aromatic N) is 3. The van der Waals surface area contributed by atoms with Crippen LogP contribution in [-0.2, 0) is 0 Å². The second-order valence-corrected chi connectivity index (χ2v) is 5.80. The van der Waals surface area contributed by atoms with Gasteiger partial charge in [-0.15, -0.1) is 0 Å². The molecule has 9 heteroatoms. The molecule has 0 bridgehead atoms. The SMILES string of the molecule is O=C(Oc1ccc(Br)cc1F)c1ccn(-c2cccc([N+](=O)[O-])c2)n1. The first kappa shape index (κ1) is 16.8. The lowest BCUT2D eigenvalue weighted by Crippen LogP contribution is -2.11. The Kier molecular flexibility index (Phi) is 4.57. The minimum atomic E-state index is -0.842. The third kappa shape index (κ3) is 3.72. The number of benzene rings is 2. The van der Waals surface area contributed by atoms with E-state index in [4.69, 9.17) is 4.74 Å². The summed E-state index contributed by atoms with van der Waals surface area (Å²) < 4.78 is 20.5. The van der Waals surface area contributed by atoms with Crippen molar-refractivity contribution >= 4 is 27.6 Å². The molecule has 1 heterocycles. The zero-order valence-corrected chi connectivity index (χ0v) is 14.0. The lowest BCUT2D eigenvalue weighted by atomic mass is 10.3. The number of nitro benzene ring substituents is 1. The maximum atomic E-state index is 13.7. The second-order valence-electron chi connectivity index (χ2n) is 4.89. The Balaban J connectivity index is 1.82. The normalized spacial score (nSPS) is 10.5. The van der Waals surface area contributed by atoms with Gasteiger partial charge in [0, 0.05) is 22.8 Å². The molecule has 3 rings (SSSR count). The van der Waals surface area contributed by atoms with Crippen LogP contribution in [-0.4, -0.2) is 20.7 Å². The first-order valence-corrected chi connectivity index (χ1v) is 7.71. The fourth-order valence-corrected chi connectivity index (χ4v) is 2.37. The molecule has 0 saturated heterocycles. The van der Waals surface area contributed by atoms with Crippen LogP contribution in [0.4, 0.5) is 10.1 Å². The molecule has 0 aliphatic carbocycles. The maximum Gasteiger partial charge on any atom is 0.364 e. The Labute approximate surface area is 148 Å². The number of hydrogen-bond donors (Lipinski definition) is 0. The van der Waals surface area contributed by atoms with Gasteiger partial charge in [0.2, 0.25) is 0 Å². The van der Waals surface area contributed by atoms with E-state index < -0.39 is 16.7 Å². The van der Waals surface area contributed by atoms with Crippen LogP contribution in [0.25, 0.3) is 5.69 Å². The van der Waals surface area contributed by atoms with Gasteiger partial charge in [0.1, 0.15) is 0 Å². The Hall–Kier alpha value is -3.07. The maximum absolute atomic E-state index is 13.7. The first-order chi connectivity index (χ1) is 11.9. The molecule has 0 saturated carbocycles. The molecule has 126 valence electrons. The largest absolute Gasteiger partial charge is 0.419 e. The lowest BCUT2D eigenvalue weighted by molar-refractivity contribution is -0.384. The second kappa shape index (κ2) is 6.81. The minimum Gasteiger partial charge on any atom is -0.419 e. The van der Waals surface area contributed by atoms with Crippen molar-refractivity contribution in [2.24, 2.45) is 0 Å². The number of ether oxygens (including phenoxy) is 1. The first-order valence-electron chi connectivity index (χ1n) is 6.92. The molecule has 0 fully saturated rings. The molecule has 2 aromatic carbocycles. The fraction of sp³-hybridized carbons (Fsp3) is 0. The monoisotopic (exact) mass is 405 g/mol. The highest BCUT2D eigenvalue weighted by Crippen LogP contribution is 2.22. The van der Waals surface area contributed by atoms with Gasteiger partial charge in [0.05, 0.1) is 10.6 Å². The van der Waals surface area contributed by atoms with Crippen LogP contribution < -0.4 is 4.74 Å². The molecule has 7 nitrogen and oxygen atoms in total. The minimum absolute atomic E-state index is 0.0613. The zero-order chi connectivity index (χ0) is 18.0. The average Bonchev–Trinajstić information content (AvgIpc) is 3.07. The Morgan fingerprint density at radius 3 is 2.76 bits per heavy atom. The van der Waals surface area contributed by atoms with E-state index in [1.54, 1.807) is 6.07 Å². The molecular weight excluding hydrogens is 397 g/mol. The topological polar surface area (TPSA) is 87.3 Å². The van der Waals surface area contributed by atoms with Crippen LogP contribution in [0.5, 0.6) is 5.75 Å². The molecule has 0 N–H and O–H groups in total. The number of rotatable bonds is 4. The third-order valence-electron chi connectivity index (χ3n) is 3.20. The van der Waals surface area contributed by atoms with E-state index in [0.717, 1.165) is 0 Å². The van der Waals surface area contributed by atoms with E-state index in [2.05, 4.69) is 21.0 Å². The highest BCUT2D eigenvalue weighted by Gasteiger charge is 2.16. The van der Waals surface area contributed by atoms with Gasteiger partial charge in [-0.3, -0.25) is 10.1 Å². The van der Waals surface area contributed by atoms with Crippen molar-refractivity contribution in [1.82, 2.24) is 9.78 Å². The van der Waals surface area contributed by atoms with Gasteiger partial charge in [-0.05, 0) is 30.3 Å². The van der Waals surface area contributed by atoms with Crippen molar-refractivity contribution in [2.45, 2.75) is 0 Å². The summed E-state index contributed by atoms with van der Waals surface area (Å²) >= 11 is 3.11. The van der Waals surface area contributed by atoms with E-state index >= 15 is 0 Å². The van der Waals surface area contributed by atoms with Crippen molar-refractivity contribution in [3.8, 4) is 11.4 Å². The van der Waals surface area contributed by atoms with E-state index in [1.807, 2.05) is 0 Å². The molecule has 0 aliphatic heterocycles. The Morgan fingerprint density at radius 2 is 2.04 bits per heavy atom. The lowest BCUT2D eigenvalue weighted by Gasteiger charge is -2.04. The summed E-state index contributed by atoms with van der Waals surface area (Å²) in [5.74, 6) is -1.76. The number of hydrogen-bond acceptors (Lipinski definition) is 5. The van der Waals surface area contributed by atoms with Crippen molar-refractivity contribution < 1.29 is 18.8 Å². The van der Waals surface area contributed by atoms with E-state index in [9.17, 15) is 19.3 Å². The predicted octanol–water partition coefficient (Wildman–Crippen LogP) is 3.90. The fourth-order valence-electron chi connectivity index (χ4n) is 2.04. The van der Waals surface area contributed by atoms with Gasteiger partial charge in [-0.2, -0.15) is 5.10 Å². The molecule has 0 spiro atoms. The smallest absolute Gasteiger partial charge is 0.364 e. The number of esters is 1. The van der Waals surface area contributed by atoms with Gasteiger partial charge in [-0.25, -0.2) is 13.9 Å². The highest BCUT2D eigenvalue weighted by molar-refractivity contribution is 9.10. The molecule has 0 radical (unpaired) electrons. The van der Waals surface area contributed by atoms with Crippen LogP contribution in [0.15, 0.2) is 59.2 Å². The summed E-state index contributed by atoms with van der Waals surface area (Å²) in [4.78, 5) is 22.4. The molecule has 25 heavy (non-hydrogen) atoms. The standard InChI is InChI=1S/C16H9BrFN3O4/c17-10-4-5-15(13(18)8-10)25-16(22)14-6-7-20(19-14)11-2-1-3-12(9-11)21(23)24/h1-9H. The van der Waals surface area contributed by atoms with Gasteiger partial charge >= 0.3 is 5.97 Å². The molecule has 3 aromatic rings. The quantitative estimate of drug-likeness (QED) is 0.284. The van der Waals surface area contributed by atoms with Crippen molar-refractivity contribution in [1.29, 1.82) is 0 Å². The number of halogens is 2. The molecule has 0 aliphatic rings. The van der Waals surface area contributed by atoms with Crippen LogP contribution in [0, 0.1) is 15.9 Å². The van der Waals surface area contributed by atoms with E-state index in [0.29, 0.717) is 10.2 Å². The summed E-state index contributed by atoms with van der Waals surface area (Å²) in [6.07, 6.45) is 1.45. The molecule has 0 atom stereocenters. The summed E-state index contributed by atoms with van der Waals surface area (Å²) in [7, 11) is 0. The number of nitro groups is 1. The zero-order valence-electron chi connectivity index (χ0n) is 12.4. The van der Waals surface area contributed by atoms with Crippen LogP contribution >= 0.6 is 15.9 Å². The summed E-state index contributed by atoms with van der Waals surface area (Å²) in [6, 6.07) is 11.2. The van der Waals surface area contributed by atoms with Gasteiger partial charge in [0.25, 0.3) is 5.69 Å².